The fourth-order valence-corrected chi connectivity index (χ4v) is 4.67. The number of nitro benzene ring substituents is 1. The summed E-state index contributed by atoms with van der Waals surface area (Å²) in [4.78, 5) is 11.1. The van der Waals surface area contributed by atoms with E-state index in [2.05, 4.69) is 20.3 Å². The summed E-state index contributed by atoms with van der Waals surface area (Å²) in [6.07, 6.45) is 7.28. The van der Waals surface area contributed by atoms with Gasteiger partial charge in [-0.15, -0.1) is 0 Å². The van der Waals surface area contributed by atoms with Crippen LogP contribution in [0.25, 0.3) is 0 Å². The molecule has 4 nitrogen and oxygen atoms in total. The van der Waals surface area contributed by atoms with Crippen molar-refractivity contribution < 1.29 is 9.41 Å². The van der Waals surface area contributed by atoms with Crippen LogP contribution in [0.3, 0.4) is 0 Å². The first-order valence-electron chi connectivity index (χ1n) is 7.96. The minimum Gasteiger partial charge on any atom is -0.313 e. The molecule has 21 heavy (non-hydrogen) atoms. The van der Waals surface area contributed by atoms with Crippen molar-refractivity contribution in [2.24, 2.45) is 0 Å². The number of para-hydroxylation sites is 1. The molecule has 1 aromatic carbocycles. The number of hydrogen-bond acceptors (Lipinski definition) is 2. The van der Waals surface area contributed by atoms with Gasteiger partial charge in [0, 0.05) is 31.7 Å². The molecule has 2 aliphatic heterocycles. The van der Waals surface area contributed by atoms with Crippen LogP contribution >= 0.6 is 0 Å². The van der Waals surface area contributed by atoms with E-state index in [1.165, 1.54) is 12.8 Å². The highest BCUT2D eigenvalue weighted by Gasteiger charge is 2.53. The van der Waals surface area contributed by atoms with Gasteiger partial charge in [0.2, 0.25) is 0 Å². The van der Waals surface area contributed by atoms with Crippen molar-refractivity contribution in [3.05, 3.63) is 46.4 Å². The molecule has 1 radical (unpaired) electrons. The second-order valence-electron chi connectivity index (χ2n) is 6.78. The van der Waals surface area contributed by atoms with Crippen molar-refractivity contribution in [2.75, 3.05) is 0 Å². The minimum absolute atomic E-state index is 0.232. The summed E-state index contributed by atoms with van der Waals surface area (Å²) in [6.45, 7) is 5.37. The SMILES string of the molecule is CC(C)[N+]1(Cc2ccccc2[N+](=O)[O-])C2C[CH]CC1CC2. The van der Waals surface area contributed by atoms with E-state index in [4.69, 9.17) is 0 Å². The zero-order valence-electron chi connectivity index (χ0n) is 12.9. The lowest BCUT2D eigenvalue weighted by atomic mass is 9.94. The average Bonchev–Trinajstić information content (AvgIpc) is 2.64. The second-order valence-corrected chi connectivity index (χ2v) is 6.78. The summed E-state index contributed by atoms with van der Waals surface area (Å²) in [5, 5.41) is 11.3. The molecule has 2 atom stereocenters. The molecule has 0 N–H and O–H groups in total. The van der Waals surface area contributed by atoms with Crippen LogP contribution in [0.15, 0.2) is 24.3 Å². The van der Waals surface area contributed by atoms with E-state index in [1.54, 1.807) is 12.1 Å². The normalized spacial score (nSPS) is 31.6. The van der Waals surface area contributed by atoms with Gasteiger partial charge in [-0.3, -0.25) is 10.1 Å². The van der Waals surface area contributed by atoms with E-state index in [0.29, 0.717) is 18.1 Å². The Morgan fingerprint density at radius 2 is 1.86 bits per heavy atom. The number of quaternary nitrogens is 1. The highest BCUT2D eigenvalue weighted by molar-refractivity contribution is 5.39. The molecule has 2 saturated heterocycles. The summed E-state index contributed by atoms with van der Waals surface area (Å²) in [7, 11) is 0. The highest BCUT2D eigenvalue weighted by atomic mass is 16.6. The molecule has 3 rings (SSSR count). The maximum Gasteiger partial charge on any atom is 0.278 e. The Balaban J connectivity index is 2.00. The van der Waals surface area contributed by atoms with E-state index < -0.39 is 0 Å². The molecule has 4 heteroatoms. The number of rotatable bonds is 4. The molecule has 0 aliphatic carbocycles. The van der Waals surface area contributed by atoms with Crippen molar-refractivity contribution in [3.8, 4) is 0 Å². The molecule has 0 aromatic heterocycles. The van der Waals surface area contributed by atoms with Crippen molar-refractivity contribution >= 4 is 5.69 Å². The van der Waals surface area contributed by atoms with Crippen molar-refractivity contribution in [2.45, 2.75) is 64.2 Å². The molecule has 2 bridgehead atoms. The summed E-state index contributed by atoms with van der Waals surface area (Å²) in [5.41, 5.74) is 1.18. The largest absolute Gasteiger partial charge is 0.313 e. The van der Waals surface area contributed by atoms with Gasteiger partial charge in [-0.25, -0.2) is 0 Å². The van der Waals surface area contributed by atoms with Gasteiger partial charge >= 0.3 is 0 Å². The van der Waals surface area contributed by atoms with Gasteiger partial charge in [-0.2, -0.15) is 0 Å². The number of hydrogen-bond donors (Lipinski definition) is 0. The smallest absolute Gasteiger partial charge is 0.278 e. The maximum atomic E-state index is 11.3. The molecule has 1 aromatic rings. The lowest BCUT2D eigenvalue weighted by molar-refractivity contribution is -0.994. The van der Waals surface area contributed by atoms with Gasteiger partial charge < -0.3 is 4.48 Å². The van der Waals surface area contributed by atoms with Crippen molar-refractivity contribution in [1.29, 1.82) is 0 Å². The van der Waals surface area contributed by atoms with E-state index in [-0.39, 0.29) is 10.6 Å². The number of piperidine rings is 1. The van der Waals surface area contributed by atoms with Crippen LogP contribution < -0.4 is 0 Å². The lowest BCUT2D eigenvalue weighted by Gasteiger charge is -2.51. The van der Waals surface area contributed by atoms with E-state index >= 15 is 0 Å². The third kappa shape index (κ3) is 2.26. The Morgan fingerprint density at radius 1 is 1.24 bits per heavy atom. The molecule has 2 fully saturated rings. The average molecular weight is 288 g/mol. The predicted octanol–water partition coefficient (Wildman–Crippen LogP) is 3.85. The molecule has 0 saturated carbocycles. The lowest BCUT2D eigenvalue weighted by Crippen LogP contribution is -2.62. The molecular formula is C17H24N2O2+. The molecule has 0 spiro atoms. The van der Waals surface area contributed by atoms with Gasteiger partial charge in [-0.1, -0.05) is 12.1 Å². The van der Waals surface area contributed by atoms with Crippen LogP contribution in [-0.2, 0) is 6.54 Å². The van der Waals surface area contributed by atoms with Gasteiger partial charge in [0.25, 0.3) is 5.69 Å². The predicted molar refractivity (Wildman–Crippen MR) is 82.5 cm³/mol. The fourth-order valence-electron chi connectivity index (χ4n) is 4.67. The number of nitro groups is 1. The van der Waals surface area contributed by atoms with Gasteiger partial charge in [0.1, 0.15) is 6.54 Å². The van der Waals surface area contributed by atoms with Gasteiger partial charge in [0.05, 0.1) is 28.6 Å². The van der Waals surface area contributed by atoms with Crippen molar-refractivity contribution in [1.82, 2.24) is 0 Å². The van der Waals surface area contributed by atoms with E-state index in [0.717, 1.165) is 29.4 Å². The maximum absolute atomic E-state index is 11.3. The number of benzene rings is 1. The third-order valence-corrected chi connectivity index (χ3v) is 5.66. The van der Waals surface area contributed by atoms with Crippen LogP contribution in [0.1, 0.15) is 45.1 Å². The zero-order valence-corrected chi connectivity index (χ0v) is 12.9. The molecular weight excluding hydrogens is 264 g/mol. The second kappa shape index (κ2) is 5.41. The molecule has 113 valence electrons. The Morgan fingerprint density at radius 3 is 2.43 bits per heavy atom. The first-order valence-corrected chi connectivity index (χ1v) is 7.96. The monoisotopic (exact) mass is 288 g/mol. The van der Waals surface area contributed by atoms with E-state index in [9.17, 15) is 10.1 Å². The van der Waals surface area contributed by atoms with Crippen LogP contribution in [0.2, 0.25) is 0 Å². The van der Waals surface area contributed by atoms with E-state index in [1.807, 2.05) is 12.1 Å². The Kier molecular flexibility index (Phi) is 3.74. The van der Waals surface area contributed by atoms with Gasteiger partial charge in [-0.05, 0) is 26.3 Å². The van der Waals surface area contributed by atoms with Crippen LogP contribution in [-0.4, -0.2) is 27.5 Å². The summed E-state index contributed by atoms with van der Waals surface area (Å²) < 4.78 is 1.04. The molecule has 2 heterocycles. The fraction of sp³-hybridized carbons (Fsp3) is 0.588. The molecule has 2 aliphatic rings. The third-order valence-electron chi connectivity index (χ3n) is 5.66. The number of fused-ring (bicyclic) bond motifs is 2. The Labute approximate surface area is 126 Å². The molecule has 2 unspecified atom stereocenters. The summed E-state index contributed by atoms with van der Waals surface area (Å²) >= 11 is 0. The number of nitrogens with zero attached hydrogens (tertiary/aromatic N) is 2. The van der Waals surface area contributed by atoms with Crippen LogP contribution in [0.4, 0.5) is 5.69 Å². The summed E-state index contributed by atoms with van der Waals surface area (Å²) in [6, 6.07) is 9.07. The quantitative estimate of drug-likeness (QED) is 0.480. The first kappa shape index (κ1) is 14.5. The van der Waals surface area contributed by atoms with Crippen LogP contribution in [0.5, 0.6) is 0 Å². The Bertz CT molecular complexity index is 525. The first-order chi connectivity index (χ1) is 10.1. The zero-order chi connectivity index (χ0) is 15.0. The Hall–Kier alpha value is -1.42. The standard InChI is InChI=1S/C17H24N2O2/c1-13(2)19(15-7-5-8-16(19)11-10-15)12-14-6-3-4-9-17(14)18(20)21/h3-6,9,13,15-16H,7-8,10-12H2,1-2H3/q+1. The van der Waals surface area contributed by atoms with Gasteiger partial charge in [0.15, 0.2) is 0 Å². The summed E-state index contributed by atoms with van der Waals surface area (Å²) in [5.74, 6) is 0. The molecule has 0 amide bonds. The van der Waals surface area contributed by atoms with Crippen LogP contribution in [0, 0.1) is 16.5 Å². The minimum atomic E-state index is -0.232. The topological polar surface area (TPSA) is 43.1 Å². The van der Waals surface area contributed by atoms with Crippen molar-refractivity contribution in [3.63, 3.8) is 0 Å². The highest BCUT2D eigenvalue weighted by Crippen LogP contribution is 2.46.